The Balaban J connectivity index is 2.32. The minimum Gasteiger partial charge on any atom is -0.496 e. The fraction of sp³-hybridized carbons (Fsp3) is 0.533. The molecule has 0 saturated carbocycles. The van der Waals surface area contributed by atoms with Crippen LogP contribution in [-0.4, -0.2) is 32.2 Å². The summed E-state index contributed by atoms with van der Waals surface area (Å²) in [6.45, 7) is 4.96. The first-order chi connectivity index (χ1) is 9.17. The second-order valence-electron chi connectivity index (χ2n) is 4.70. The standard InChI is InChI=1S/C15H20O4/c1-4-5-13-14(19-9-11-8-18-11)7-6-12(10(2)16)15(13)17-3/h6-7,11H,4-5,8-9H2,1-3H3. The molecule has 1 aliphatic rings. The van der Waals surface area contributed by atoms with Crippen LogP contribution in [0.2, 0.25) is 0 Å². The average Bonchev–Trinajstić information content (AvgIpc) is 3.20. The molecule has 0 aromatic heterocycles. The van der Waals surface area contributed by atoms with E-state index in [-0.39, 0.29) is 11.9 Å². The summed E-state index contributed by atoms with van der Waals surface area (Å²) in [5.41, 5.74) is 1.58. The van der Waals surface area contributed by atoms with Crippen molar-refractivity contribution in [1.29, 1.82) is 0 Å². The van der Waals surface area contributed by atoms with Gasteiger partial charge in [0.15, 0.2) is 5.78 Å². The molecular formula is C15H20O4. The molecule has 2 rings (SSSR count). The molecule has 0 radical (unpaired) electrons. The first kappa shape index (κ1) is 13.9. The molecule has 0 amide bonds. The topological polar surface area (TPSA) is 48.1 Å². The predicted octanol–water partition coefficient (Wildman–Crippen LogP) is 2.63. The van der Waals surface area contributed by atoms with Gasteiger partial charge in [0, 0.05) is 5.56 Å². The summed E-state index contributed by atoms with van der Waals surface area (Å²) in [5, 5.41) is 0. The van der Waals surface area contributed by atoms with Gasteiger partial charge in [-0.1, -0.05) is 13.3 Å². The van der Waals surface area contributed by atoms with Gasteiger partial charge in [-0.3, -0.25) is 4.79 Å². The van der Waals surface area contributed by atoms with Crippen LogP contribution >= 0.6 is 0 Å². The molecule has 1 aliphatic heterocycles. The van der Waals surface area contributed by atoms with Gasteiger partial charge in [0.2, 0.25) is 0 Å². The Kier molecular flexibility index (Phi) is 4.43. The van der Waals surface area contributed by atoms with Gasteiger partial charge in [0.05, 0.1) is 19.3 Å². The van der Waals surface area contributed by atoms with Crippen molar-refractivity contribution in [3.05, 3.63) is 23.3 Å². The number of rotatable bonds is 7. The minimum atomic E-state index is 0.00581. The molecule has 0 aliphatic carbocycles. The maximum absolute atomic E-state index is 11.6. The van der Waals surface area contributed by atoms with Crippen molar-refractivity contribution < 1.29 is 19.0 Å². The molecule has 0 bridgehead atoms. The van der Waals surface area contributed by atoms with Gasteiger partial charge in [0.1, 0.15) is 24.2 Å². The average molecular weight is 264 g/mol. The van der Waals surface area contributed by atoms with Crippen LogP contribution in [0.4, 0.5) is 0 Å². The van der Waals surface area contributed by atoms with Crippen molar-refractivity contribution >= 4 is 5.78 Å². The van der Waals surface area contributed by atoms with Crippen molar-refractivity contribution in [3.63, 3.8) is 0 Å². The van der Waals surface area contributed by atoms with Gasteiger partial charge in [-0.05, 0) is 25.5 Å². The maximum Gasteiger partial charge on any atom is 0.163 e. The summed E-state index contributed by atoms with van der Waals surface area (Å²) in [6.07, 6.45) is 2.01. The normalized spacial score (nSPS) is 17.1. The van der Waals surface area contributed by atoms with E-state index >= 15 is 0 Å². The van der Waals surface area contributed by atoms with Crippen LogP contribution < -0.4 is 9.47 Å². The number of carbonyl (C=O) groups is 1. The van der Waals surface area contributed by atoms with Crippen molar-refractivity contribution in [2.24, 2.45) is 0 Å². The molecule has 1 aromatic rings. The van der Waals surface area contributed by atoms with E-state index in [0.29, 0.717) is 17.9 Å². The van der Waals surface area contributed by atoms with E-state index in [0.717, 1.165) is 30.8 Å². The molecule has 19 heavy (non-hydrogen) atoms. The van der Waals surface area contributed by atoms with E-state index in [1.807, 2.05) is 6.07 Å². The van der Waals surface area contributed by atoms with E-state index < -0.39 is 0 Å². The van der Waals surface area contributed by atoms with Crippen LogP contribution in [-0.2, 0) is 11.2 Å². The van der Waals surface area contributed by atoms with Crippen molar-refractivity contribution in [2.75, 3.05) is 20.3 Å². The van der Waals surface area contributed by atoms with Crippen molar-refractivity contribution in [3.8, 4) is 11.5 Å². The van der Waals surface area contributed by atoms with Gasteiger partial charge in [-0.25, -0.2) is 0 Å². The molecule has 4 heteroatoms. The number of ketones is 1. The number of benzene rings is 1. The lowest BCUT2D eigenvalue weighted by molar-refractivity contribution is 0.101. The third kappa shape index (κ3) is 3.26. The number of Topliss-reactive ketones (excluding diaryl/α,β-unsaturated/α-hetero) is 1. The molecule has 0 N–H and O–H groups in total. The summed E-state index contributed by atoms with van der Waals surface area (Å²) in [7, 11) is 1.59. The highest BCUT2D eigenvalue weighted by atomic mass is 16.6. The molecule has 1 atom stereocenters. The quantitative estimate of drug-likeness (QED) is 0.561. The lowest BCUT2D eigenvalue weighted by Gasteiger charge is -2.16. The Bertz CT molecular complexity index is 463. The Labute approximate surface area is 113 Å². The summed E-state index contributed by atoms with van der Waals surface area (Å²) < 4.78 is 16.3. The number of carbonyl (C=O) groups excluding carboxylic acids is 1. The van der Waals surface area contributed by atoms with Gasteiger partial charge in [-0.2, -0.15) is 0 Å². The Morgan fingerprint density at radius 1 is 1.47 bits per heavy atom. The molecule has 1 fully saturated rings. The Morgan fingerprint density at radius 2 is 2.21 bits per heavy atom. The van der Waals surface area contributed by atoms with Gasteiger partial charge in [-0.15, -0.1) is 0 Å². The third-order valence-electron chi connectivity index (χ3n) is 3.13. The number of methoxy groups -OCH3 is 1. The van der Waals surface area contributed by atoms with Gasteiger partial charge >= 0.3 is 0 Å². The molecule has 1 aromatic carbocycles. The monoisotopic (exact) mass is 264 g/mol. The fourth-order valence-corrected chi connectivity index (χ4v) is 2.09. The minimum absolute atomic E-state index is 0.00581. The summed E-state index contributed by atoms with van der Waals surface area (Å²) in [5.74, 6) is 1.44. The number of hydrogen-bond donors (Lipinski definition) is 0. The largest absolute Gasteiger partial charge is 0.496 e. The summed E-state index contributed by atoms with van der Waals surface area (Å²) in [4.78, 5) is 11.6. The lowest BCUT2D eigenvalue weighted by Crippen LogP contribution is -2.08. The zero-order valence-corrected chi connectivity index (χ0v) is 11.7. The molecule has 0 spiro atoms. The second kappa shape index (κ2) is 6.06. The first-order valence-electron chi connectivity index (χ1n) is 6.62. The number of epoxide rings is 1. The second-order valence-corrected chi connectivity index (χ2v) is 4.70. The Hall–Kier alpha value is -1.55. The zero-order valence-electron chi connectivity index (χ0n) is 11.7. The van der Waals surface area contributed by atoms with E-state index in [1.54, 1.807) is 20.1 Å². The van der Waals surface area contributed by atoms with Crippen molar-refractivity contribution in [1.82, 2.24) is 0 Å². The van der Waals surface area contributed by atoms with E-state index in [9.17, 15) is 4.79 Å². The van der Waals surface area contributed by atoms with E-state index in [2.05, 4.69) is 6.92 Å². The van der Waals surface area contributed by atoms with Crippen LogP contribution in [0.15, 0.2) is 12.1 Å². The molecule has 4 nitrogen and oxygen atoms in total. The smallest absolute Gasteiger partial charge is 0.163 e. The SMILES string of the molecule is CCCc1c(OCC2CO2)ccc(C(C)=O)c1OC. The maximum atomic E-state index is 11.6. The van der Waals surface area contributed by atoms with E-state index in [1.165, 1.54) is 0 Å². The summed E-state index contributed by atoms with van der Waals surface area (Å²) in [6, 6.07) is 3.62. The number of ether oxygens (including phenoxy) is 3. The summed E-state index contributed by atoms with van der Waals surface area (Å²) >= 11 is 0. The van der Waals surface area contributed by atoms with E-state index in [4.69, 9.17) is 14.2 Å². The molecule has 1 heterocycles. The highest BCUT2D eigenvalue weighted by molar-refractivity contribution is 5.97. The van der Waals surface area contributed by atoms with Crippen LogP contribution in [0.3, 0.4) is 0 Å². The van der Waals surface area contributed by atoms with Gasteiger partial charge < -0.3 is 14.2 Å². The Morgan fingerprint density at radius 3 is 2.74 bits per heavy atom. The first-order valence-corrected chi connectivity index (χ1v) is 6.62. The fourth-order valence-electron chi connectivity index (χ4n) is 2.09. The van der Waals surface area contributed by atoms with Crippen molar-refractivity contribution in [2.45, 2.75) is 32.8 Å². The molecule has 1 unspecified atom stereocenters. The third-order valence-corrected chi connectivity index (χ3v) is 3.13. The zero-order chi connectivity index (χ0) is 13.8. The molecule has 1 saturated heterocycles. The lowest BCUT2D eigenvalue weighted by atomic mass is 10.0. The molecular weight excluding hydrogens is 244 g/mol. The van der Waals surface area contributed by atoms with Gasteiger partial charge in [0.25, 0.3) is 0 Å². The number of hydrogen-bond acceptors (Lipinski definition) is 4. The van der Waals surface area contributed by atoms with Crippen LogP contribution in [0.1, 0.15) is 36.2 Å². The van der Waals surface area contributed by atoms with Crippen LogP contribution in [0, 0.1) is 0 Å². The highest BCUT2D eigenvalue weighted by Gasteiger charge is 2.24. The predicted molar refractivity (Wildman–Crippen MR) is 72.2 cm³/mol. The highest BCUT2D eigenvalue weighted by Crippen LogP contribution is 2.34. The van der Waals surface area contributed by atoms with Crippen LogP contribution in [0.5, 0.6) is 11.5 Å². The molecule has 104 valence electrons. The van der Waals surface area contributed by atoms with Crippen LogP contribution in [0.25, 0.3) is 0 Å².